The van der Waals surface area contributed by atoms with Crippen molar-refractivity contribution in [1.29, 1.82) is 0 Å². The van der Waals surface area contributed by atoms with Crippen molar-refractivity contribution in [3.8, 4) is 16.8 Å². The van der Waals surface area contributed by atoms with Crippen LogP contribution in [0.3, 0.4) is 0 Å². The van der Waals surface area contributed by atoms with Crippen LogP contribution < -0.4 is 10.9 Å². The molecule has 0 amide bonds. The fourth-order valence-corrected chi connectivity index (χ4v) is 12.4. The molecule has 10 aromatic rings. The average Bonchev–Trinajstić information content (AvgIpc) is 3.80. The lowest BCUT2D eigenvalue weighted by Gasteiger charge is -2.37. The molecule has 8 aromatic carbocycles. The van der Waals surface area contributed by atoms with Gasteiger partial charge in [0.15, 0.2) is 0 Å². The van der Waals surface area contributed by atoms with Crippen molar-refractivity contribution >= 4 is 106 Å². The molecule has 3 nitrogen and oxygen atoms in total. The van der Waals surface area contributed by atoms with Crippen molar-refractivity contribution in [2.45, 2.75) is 78.6 Å². The molecule has 0 radical (unpaired) electrons. The summed E-state index contributed by atoms with van der Waals surface area (Å²) >= 11 is 0. The highest BCUT2D eigenvalue weighted by Gasteiger charge is 2.44. The molecule has 0 saturated heterocycles. The molecule has 4 aliphatic rings. The van der Waals surface area contributed by atoms with Crippen LogP contribution in [0.15, 0.2) is 146 Å². The van der Waals surface area contributed by atoms with Crippen LogP contribution in [0.4, 0.5) is 0 Å². The second kappa shape index (κ2) is 12.1. The Morgan fingerprint density at radius 1 is 0.508 bits per heavy atom. The van der Waals surface area contributed by atoms with Crippen molar-refractivity contribution in [2.75, 3.05) is 0 Å². The Kier molecular flexibility index (Phi) is 7.03. The first-order chi connectivity index (χ1) is 31.1. The Balaban J connectivity index is 1.23. The number of rotatable bonds is 1. The third-order valence-corrected chi connectivity index (χ3v) is 15.6. The molecule has 4 aliphatic heterocycles. The lowest BCUT2D eigenvalue weighted by Crippen LogP contribution is -2.55. The molecule has 5 heteroatoms. The number of hydrogen-bond donors (Lipinski definition) is 0. The number of fused-ring (bicyclic) bond motifs is 13. The summed E-state index contributed by atoms with van der Waals surface area (Å²) in [5.74, 6) is 4.59. The quantitative estimate of drug-likeness (QED) is 0.119. The van der Waals surface area contributed by atoms with Gasteiger partial charge in [-0.05, 0) is 131 Å². The fourth-order valence-electron chi connectivity index (χ4n) is 12.4. The number of benzene rings is 8. The molecule has 6 heterocycles. The van der Waals surface area contributed by atoms with Gasteiger partial charge < -0.3 is 13.9 Å². The third kappa shape index (κ3) is 4.84. The van der Waals surface area contributed by atoms with E-state index in [1.165, 1.54) is 132 Å². The summed E-state index contributed by atoms with van der Waals surface area (Å²) in [6, 6.07) is 41.5. The van der Waals surface area contributed by atoms with Gasteiger partial charge in [-0.1, -0.05) is 153 Å². The van der Waals surface area contributed by atoms with E-state index in [0.29, 0.717) is 0 Å². The SMILES string of the molecule is CC(C)(C)c1cc2ccc3c4c5c(c6ccc(c1)c2c36)-n1c2ccccc2c2cc(C3=CC=CB6C=CC=CN63)cc(c21)B5n1c2ccc(C(C)(C)C)cc2c2cc(C(C)(C)C)cc-4c21. The summed E-state index contributed by atoms with van der Waals surface area (Å²) < 4.78 is 5.46. The number of aromatic nitrogens is 2. The van der Waals surface area contributed by atoms with Crippen molar-refractivity contribution in [3.05, 3.63) is 168 Å². The second-order valence-electron chi connectivity index (χ2n) is 22.6. The van der Waals surface area contributed by atoms with Gasteiger partial charge in [-0.15, -0.1) is 0 Å². The number of allylic oxidation sites excluding steroid dienone is 4. The van der Waals surface area contributed by atoms with E-state index in [4.69, 9.17) is 0 Å². The van der Waals surface area contributed by atoms with Crippen LogP contribution in [-0.4, -0.2) is 27.6 Å². The smallest absolute Gasteiger partial charge is 0.333 e. The van der Waals surface area contributed by atoms with Gasteiger partial charge in [0.25, 0.3) is 0 Å². The monoisotopic (exact) mass is 835 g/mol. The molecule has 14 rings (SSSR count). The average molecular weight is 836 g/mol. The molecule has 65 heavy (non-hydrogen) atoms. The van der Waals surface area contributed by atoms with Crippen LogP contribution in [0.2, 0.25) is 0 Å². The summed E-state index contributed by atoms with van der Waals surface area (Å²) in [7, 11) is 0. The largest absolute Gasteiger partial charge is 0.383 e. The van der Waals surface area contributed by atoms with E-state index in [2.05, 4.69) is 222 Å². The standard InChI is InChI=1S/C60H51B2N3/c1-58(2,3)37-20-23-50-43(31-37)45-32-39(60(7,8)9)33-46-53-41-21-18-34-27-38(59(4,5)6)28-35-19-22-42(52(41)51(34)35)57-54(53)62(65(50)55(45)46)47-30-36(48-17-14-25-61-24-12-13-26-63(48)61)29-44-40-15-10-11-16-49(40)64(57)56(44)47/h10-33H,1-9H3. The molecule has 0 unspecified atom stereocenters. The van der Waals surface area contributed by atoms with Crippen LogP contribution in [0.5, 0.6) is 0 Å². The van der Waals surface area contributed by atoms with E-state index in [1.54, 1.807) is 0 Å². The molecular weight excluding hydrogens is 784 g/mol. The molecular formula is C60H51B2N3. The first-order valence-electron chi connectivity index (χ1n) is 23.7. The van der Waals surface area contributed by atoms with Crippen LogP contribution >= 0.6 is 0 Å². The fraction of sp³-hybridized carbons (Fsp3) is 0.200. The van der Waals surface area contributed by atoms with Crippen molar-refractivity contribution in [1.82, 2.24) is 13.9 Å². The van der Waals surface area contributed by atoms with Gasteiger partial charge >= 0.3 is 13.7 Å². The Bertz CT molecular complexity index is 3940. The van der Waals surface area contributed by atoms with Gasteiger partial charge in [-0.25, -0.2) is 0 Å². The zero-order valence-corrected chi connectivity index (χ0v) is 38.9. The topological polar surface area (TPSA) is 13.1 Å². The minimum Gasteiger partial charge on any atom is -0.383 e. The molecule has 0 saturated carbocycles. The minimum atomic E-state index is -0.0746. The molecule has 312 valence electrons. The van der Waals surface area contributed by atoms with E-state index in [9.17, 15) is 0 Å². The summed E-state index contributed by atoms with van der Waals surface area (Å²) in [4.78, 5) is 2.44. The summed E-state index contributed by atoms with van der Waals surface area (Å²) in [5, 5.41) is 13.4. The normalized spacial score (nSPS) is 15.6. The van der Waals surface area contributed by atoms with Crippen LogP contribution in [0, 0.1) is 0 Å². The van der Waals surface area contributed by atoms with E-state index in [-0.39, 0.29) is 29.9 Å². The lowest BCUT2D eigenvalue weighted by molar-refractivity contribution is 0.590. The highest BCUT2D eigenvalue weighted by molar-refractivity contribution is 6.91. The highest BCUT2D eigenvalue weighted by Crippen LogP contribution is 2.51. The van der Waals surface area contributed by atoms with Gasteiger partial charge in [0.2, 0.25) is 0 Å². The van der Waals surface area contributed by atoms with Gasteiger partial charge in [0.1, 0.15) is 0 Å². The Morgan fingerprint density at radius 2 is 1.20 bits per heavy atom. The predicted octanol–water partition coefficient (Wildman–Crippen LogP) is 14.0. The predicted molar refractivity (Wildman–Crippen MR) is 282 cm³/mol. The van der Waals surface area contributed by atoms with E-state index in [1.807, 2.05) is 0 Å². The van der Waals surface area contributed by atoms with E-state index >= 15 is 0 Å². The van der Waals surface area contributed by atoms with Gasteiger partial charge in [0, 0.05) is 54.6 Å². The minimum absolute atomic E-state index is 0.00604. The maximum absolute atomic E-state index is 2.78. The van der Waals surface area contributed by atoms with E-state index < -0.39 is 0 Å². The molecule has 0 aliphatic carbocycles. The number of para-hydroxylation sites is 1. The Hall–Kier alpha value is -6.71. The van der Waals surface area contributed by atoms with Gasteiger partial charge in [-0.3, -0.25) is 0 Å². The Labute approximate surface area is 381 Å². The van der Waals surface area contributed by atoms with Gasteiger partial charge in [0.05, 0.1) is 16.7 Å². The van der Waals surface area contributed by atoms with Crippen molar-refractivity contribution < 1.29 is 0 Å². The molecule has 0 fully saturated rings. The van der Waals surface area contributed by atoms with Crippen LogP contribution in [0.25, 0.3) is 98.4 Å². The first kappa shape index (κ1) is 37.6. The maximum atomic E-state index is 2.78. The second-order valence-corrected chi connectivity index (χ2v) is 22.6. The number of hydrogen-bond acceptors (Lipinski definition) is 1. The number of nitrogens with zero attached hydrogens (tertiary/aromatic N) is 3. The van der Waals surface area contributed by atoms with Gasteiger partial charge in [-0.2, -0.15) is 0 Å². The van der Waals surface area contributed by atoms with Crippen LogP contribution in [-0.2, 0) is 16.2 Å². The zero-order chi connectivity index (χ0) is 44.2. The van der Waals surface area contributed by atoms with Crippen molar-refractivity contribution in [3.63, 3.8) is 0 Å². The summed E-state index contributed by atoms with van der Waals surface area (Å²) in [6.07, 6.45) is 11.2. The third-order valence-electron chi connectivity index (χ3n) is 15.6. The Morgan fingerprint density at radius 3 is 1.97 bits per heavy atom. The van der Waals surface area contributed by atoms with Crippen molar-refractivity contribution in [2.24, 2.45) is 0 Å². The van der Waals surface area contributed by atoms with E-state index in [0.717, 1.165) is 0 Å². The summed E-state index contributed by atoms with van der Waals surface area (Å²) in [6.45, 7) is 21.3. The summed E-state index contributed by atoms with van der Waals surface area (Å²) in [5.41, 5.74) is 18.6. The molecule has 0 atom stereocenters. The zero-order valence-electron chi connectivity index (χ0n) is 38.9. The molecule has 0 spiro atoms. The molecule has 2 aromatic heterocycles. The molecule has 0 N–H and O–H groups in total. The lowest BCUT2D eigenvalue weighted by atomic mass is 9.45. The highest BCUT2D eigenvalue weighted by atomic mass is 15.1. The maximum Gasteiger partial charge on any atom is 0.333 e. The van der Waals surface area contributed by atoms with Crippen LogP contribution in [0.1, 0.15) is 84.6 Å². The first-order valence-corrected chi connectivity index (χ1v) is 23.7. The molecule has 0 bridgehead atoms.